The van der Waals surface area contributed by atoms with Crippen LogP contribution in [-0.4, -0.2) is 18.9 Å². The van der Waals surface area contributed by atoms with E-state index in [0.29, 0.717) is 6.61 Å². The van der Waals surface area contributed by atoms with Crippen molar-refractivity contribution < 1.29 is 14.3 Å². The summed E-state index contributed by atoms with van der Waals surface area (Å²) in [5.41, 5.74) is 0. The zero-order chi connectivity index (χ0) is 9.68. The van der Waals surface area contributed by atoms with Gasteiger partial charge in [0.1, 0.15) is 6.29 Å². The fourth-order valence-electron chi connectivity index (χ4n) is 1.47. The van der Waals surface area contributed by atoms with Crippen molar-refractivity contribution in [3.05, 3.63) is 12.2 Å². The van der Waals surface area contributed by atoms with E-state index in [1.54, 1.807) is 0 Å². The summed E-state index contributed by atoms with van der Waals surface area (Å²) in [5, 5.41) is 0. The van der Waals surface area contributed by atoms with Gasteiger partial charge in [-0.05, 0) is 12.8 Å². The number of carbonyl (C=O) groups excluding carboxylic acids is 2. The predicted octanol–water partition coefficient (Wildman–Crippen LogP) is 1.33. The SMILES string of the molecule is CC(=O)OC[C@@H]1CC=CC[C@@H]1C=O. The molecule has 0 heterocycles. The van der Waals surface area contributed by atoms with Crippen LogP contribution in [0.4, 0.5) is 0 Å². The smallest absolute Gasteiger partial charge is 0.302 e. The molecule has 0 saturated carbocycles. The second kappa shape index (κ2) is 4.80. The van der Waals surface area contributed by atoms with Gasteiger partial charge in [-0.2, -0.15) is 0 Å². The number of allylic oxidation sites excluding steroid dienone is 2. The quantitative estimate of drug-likeness (QED) is 0.375. The fraction of sp³-hybridized carbons (Fsp3) is 0.600. The summed E-state index contributed by atoms with van der Waals surface area (Å²) in [6.45, 7) is 1.75. The minimum Gasteiger partial charge on any atom is -0.466 e. The first-order valence-electron chi connectivity index (χ1n) is 4.47. The molecule has 0 radical (unpaired) electrons. The van der Waals surface area contributed by atoms with E-state index in [9.17, 15) is 9.59 Å². The largest absolute Gasteiger partial charge is 0.466 e. The van der Waals surface area contributed by atoms with Crippen LogP contribution in [0.1, 0.15) is 19.8 Å². The summed E-state index contributed by atoms with van der Waals surface area (Å²) in [6, 6.07) is 0. The number of rotatable bonds is 3. The minimum atomic E-state index is -0.279. The normalized spacial score (nSPS) is 26.8. The number of esters is 1. The van der Waals surface area contributed by atoms with Crippen molar-refractivity contribution in [1.29, 1.82) is 0 Å². The molecule has 0 bridgehead atoms. The van der Waals surface area contributed by atoms with Gasteiger partial charge >= 0.3 is 5.97 Å². The topological polar surface area (TPSA) is 43.4 Å². The van der Waals surface area contributed by atoms with Gasteiger partial charge in [0.15, 0.2) is 0 Å². The van der Waals surface area contributed by atoms with Crippen LogP contribution in [0.5, 0.6) is 0 Å². The van der Waals surface area contributed by atoms with Crippen molar-refractivity contribution in [2.45, 2.75) is 19.8 Å². The Morgan fingerprint density at radius 2 is 2.23 bits per heavy atom. The van der Waals surface area contributed by atoms with Crippen molar-refractivity contribution in [1.82, 2.24) is 0 Å². The Bertz CT molecular complexity index is 220. The van der Waals surface area contributed by atoms with Gasteiger partial charge in [0.05, 0.1) is 6.61 Å². The third kappa shape index (κ3) is 3.01. The monoisotopic (exact) mass is 182 g/mol. The van der Waals surface area contributed by atoms with E-state index < -0.39 is 0 Å². The Hall–Kier alpha value is -1.12. The van der Waals surface area contributed by atoms with Crippen LogP contribution in [0.2, 0.25) is 0 Å². The van der Waals surface area contributed by atoms with E-state index in [1.165, 1.54) is 6.92 Å². The van der Waals surface area contributed by atoms with Gasteiger partial charge in [-0.15, -0.1) is 0 Å². The number of carbonyl (C=O) groups is 2. The molecule has 0 spiro atoms. The molecule has 0 saturated heterocycles. The fourth-order valence-corrected chi connectivity index (χ4v) is 1.47. The molecule has 0 amide bonds. The van der Waals surface area contributed by atoms with Crippen LogP contribution >= 0.6 is 0 Å². The molecule has 0 N–H and O–H groups in total. The van der Waals surface area contributed by atoms with Crippen LogP contribution in [0, 0.1) is 11.8 Å². The Kier molecular flexibility index (Phi) is 3.68. The molecule has 72 valence electrons. The lowest BCUT2D eigenvalue weighted by atomic mass is 9.85. The number of hydrogen-bond donors (Lipinski definition) is 0. The first-order valence-corrected chi connectivity index (χ1v) is 4.47. The Morgan fingerprint density at radius 1 is 1.54 bits per heavy atom. The summed E-state index contributed by atoms with van der Waals surface area (Å²) < 4.78 is 4.88. The van der Waals surface area contributed by atoms with Crippen LogP contribution in [0.15, 0.2) is 12.2 Å². The van der Waals surface area contributed by atoms with E-state index in [0.717, 1.165) is 19.1 Å². The van der Waals surface area contributed by atoms with Crippen molar-refractivity contribution in [2.75, 3.05) is 6.61 Å². The third-order valence-electron chi connectivity index (χ3n) is 2.29. The zero-order valence-corrected chi connectivity index (χ0v) is 7.73. The van der Waals surface area contributed by atoms with Gasteiger partial charge in [-0.1, -0.05) is 12.2 Å². The molecule has 2 atom stereocenters. The average Bonchev–Trinajstić information content (AvgIpc) is 2.15. The number of ether oxygens (including phenoxy) is 1. The van der Waals surface area contributed by atoms with Crippen LogP contribution in [0.3, 0.4) is 0 Å². The highest BCUT2D eigenvalue weighted by Gasteiger charge is 2.22. The molecule has 1 aliphatic carbocycles. The molecule has 0 aliphatic heterocycles. The molecule has 0 unspecified atom stereocenters. The molecule has 3 nitrogen and oxygen atoms in total. The lowest BCUT2D eigenvalue weighted by Gasteiger charge is -2.23. The highest BCUT2D eigenvalue weighted by atomic mass is 16.5. The van der Waals surface area contributed by atoms with Gasteiger partial charge in [0.25, 0.3) is 0 Å². The zero-order valence-electron chi connectivity index (χ0n) is 7.73. The summed E-state index contributed by atoms with van der Waals surface area (Å²) in [4.78, 5) is 21.2. The van der Waals surface area contributed by atoms with Gasteiger partial charge in [0, 0.05) is 18.8 Å². The maximum absolute atomic E-state index is 10.6. The highest BCUT2D eigenvalue weighted by Crippen LogP contribution is 2.23. The van der Waals surface area contributed by atoms with Crippen LogP contribution in [0.25, 0.3) is 0 Å². The van der Waals surface area contributed by atoms with E-state index in [-0.39, 0.29) is 17.8 Å². The molecule has 0 aromatic carbocycles. The van der Waals surface area contributed by atoms with Crippen molar-refractivity contribution in [3.63, 3.8) is 0 Å². The molecular formula is C10H14O3. The Labute approximate surface area is 77.8 Å². The first-order chi connectivity index (χ1) is 6.24. The molecule has 0 aromatic heterocycles. The minimum absolute atomic E-state index is 0.0179. The Balaban J connectivity index is 2.42. The Morgan fingerprint density at radius 3 is 2.85 bits per heavy atom. The molecule has 1 rings (SSSR count). The standard InChI is InChI=1S/C10H14O3/c1-8(12)13-7-10-5-3-2-4-9(10)6-11/h2-3,6,9-10H,4-5,7H2,1H3/t9-,10+/m1/s1. The van der Waals surface area contributed by atoms with Crippen LogP contribution in [-0.2, 0) is 14.3 Å². The average molecular weight is 182 g/mol. The number of aldehydes is 1. The lowest BCUT2D eigenvalue weighted by Crippen LogP contribution is -2.23. The van der Waals surface area contributed by atoms with E-state index >= 15 is 0 Å². The second-order valence-electron chi connectivity index (χ2n) is 3.31. The molecule has 1 aliphatic rings. The molecule has 13 heavy (non-hydrogen) atoms. The lowest BCUT2D eigenvalue weighted by molar-refractivity contribution is -0.143. The van der Waals surface area contributed by atoms with Crippen molar-refractivity contribution >= 4 is 12.3 Å². The second-order valence-corrected chi connectivity index (χ2v) is 3.31. The highest BCUT2D eigenvalue weighted by molar-refractivity contribution is 5.66. The third-order valence-corrected chi connectivity index (χ3v) is 2.29. The van der Waals surface area contributed by atoms with E-state index in [2.05, 4.69) is 0 Å². The van der Waals surface area contributed by atoms with Gasteiger partial charge in [-0.3, -0.25) is 4.79 Å². The first kappa shape index (κ1) is 9.96. The van der Waals surface area contributed by atoms with Gasteiger partial charge in [0.2, 0.25) is 0 Å². The summed E-state index contributed by atoms with van der Waals surface area (Å²) in [6.07, 6.45) is 6.60. The van der Waals surface area contributed by atoms with Crippen molar-refractivity contribution in [3.8, 4) is 0 Å². The van der Waals surface area contributed by atoms with Gasteiger partial charge in [-0.25, -0.2) is 0 Å². The molecule has 3 heteroatoms. The maximum Gasteiger partial charge on any atom is 0.302 e. The maximum atomic E-state index is 10.6. The summed E-state index contributed by atoms with van der Waals surface area (Å²) in [5.74, 6) is -0.0880. The summed E-state index contributed by atoms with van der Waals surface area (Å²) >= 11 is 0. The molecule has 0 fully saturated rings. The van der Waals surface area contributed by atoms with E-state index in [1.807, 2.05) is 12.2 Å². The van der Waals surface area contributed by atoms with Gasteiger partial charge < -0.3 is 9.53 Å². The summed E-state index contributed by atoms with van der Waals surface area (Å²) in [7, 11) is 0. The molecule has 0 aromatic rings. The predicted molar refractivity (Wildman–Crippen MR) is 48.1 cm³/mol. The van der Waals surface area contributed by atoms with Crippen LogP contribution < -0.4 is 0 Å². The van der Waals surface area contributed by atoms with Crippen molar-refractivity contribution in [2.24, 2.45) is 11.8 Å². The molecular weight excluding hydrogens is 168 g/mol. The van der Waals surface area contributed by atoms with E-state index in [4.69, 9.17) is 4.74 Å². The number of hydrogen-bond acceptors (Lipinski definition) is 3.